The van der Waals surface area contributed by atoms with Gasteiger partial charge in [0.2, 0.25) is 11.8 Å². The van der Waals surface area contributed by atoms with Crippen LogP contribution in [0.15, 0.2) is 0 Å². The first-order chi connectivity index (χ1) is 9.01. The molecule has 0 aliphatic heterocycles. The topological polar surface area (TPSA) is 117 Å². The molecular formula is C11H20N2O6. The number of ether oxygens (including phenoxy) is 3. The van der Waals surface area contributed by atoms with E-state index >= 15 is 0 Å². The van der Waals surface area contributed by atoms with Crippen molar-refractivity contribution in [1.82, 2.24) is 5.32 Å². The van der Waals surface area contributed by atoms with E-state index < -0.39 is 23.8 Å². The molecule has 0 unspecified atom stereocenters. The van der Waals surface area contributed by atoms with Crippen molar-refractivity contribution in [3.8, 4) is 0 Å². The van der Waals surface area contributed by atoms with Crippen LogP contribution in [0.25, 0.3) is 0 Å². The minimum absolute atomic E-state index is 0.00504. The Labute approximate surface area is 111 Å². The van der Waals surface area contributed by atoms with E-state index in [1.165, 1.54) is 14.2 Å². The quantitative estimate of drug-likeness (QED) is 0.373. The molecule has 0 fully saturated rings. The van der Waals surface area contributed by atoms with Gasteiger partial charge in [-0.15, -0.1) is 0 Å². The average molecular weight is 276 g/mol. The molecule has 0 saturated carbocycles. The SMILES string of the molecule is COCCOCC(=O)N[C@H](CCC(=O)OC)C(N)=O. The molecule has 0 aliphatic rings. The molecular weight excluding hydrogens is 256 g/mol. The second kappa shape index (κ2) is 10.3. The van der Waals surface area contributed by atoms with Crippen molar-refractivity contribution in [2.45, 2.75) is 18.9 Å². The summed E-state index contributed by atoms with van der Waals surface area (Å²) in [5.41, 5.74) is 5.12. The van der Waals surface area contributed by atoms with E-state index in [1.54, 1.807) is 0 Å². The summed E-state index contributed by atoms with van der Waals surface area (Å²) in [6.07, 6.45) is 0.0841. The van der Waals surface area contributed by atoms with Crippen LogP contribution < -0.4 is 11.1 Å². The van der Waals surface area contributed by atoms with Crippen LogP contribution in [0.4, 0.5) is 0 Å². The molecule has 8 heteroatoms. The Hall–Kier alpha value is -1.67. The molecule has 19 heavy (non-hydrogen) atoms. The lowest BCUT2D eigenvalue weighted by molar-refractivity contribution is -0.141. The third-order valence-electron chi connectivity index (χ3n) is 2.21. The maximum absolute atomic E-state index is 11.4. The van der Waals surface area contributed by atoms with Crippen molar-refractivity contribution in [2.24, 2.45) is 5.73 Å². The Morgan fingerprint density at radius 2 is 1.89 bits per heavy atom. The molecule has 1 atom stereocenters. The summed E-state index contributed by atoms with van der Waals surface area (Å²) in [6, 6.07) is -0.919. The zero-order chi connectivity index (χ0) is 14.7. The predicted molar refractivity (Wildman–Crippen MR) is 65.1 cm³/mol. The van der Waals surface area contributed by atoms with Gasteiger partial charge in [-0.3, -0.25) is 14.4 Å². The highest BCUT2D eigenvalue weighted by molar-refractivity contribution is 5.87. The molecule has 0 aliphatic carbocycles. The Balaban J connectivity index is 4.01. The fraction of sp³-hybridized carbons (Fsp3) is 0.727. The van der Waals surface area contributed by atoms with Crippen LogP contribution in [0, 0.1) is 0 Å². The molecule has 110 valence electrons. The van der Waals surface area contributed by atoms with Gasteiger partial charge in [-0.05, 0) is 6.42 Å². The molecule has 0 aromatic carbocycles. The number of carbonyl (C=O) groups is 3. The highest BCUT2D eigenvalue weighted by atomic mass is 16.5. The van der Waals surface area contributed by atoms with Gasteiger partial charge in [0.05, 0.1) is 20.3 Å². The summed E-state index contributed by atoms with van der Waals surface area (Å²) in [7, 11) is 2.75. The minimum Gasteiger partial charge on any atom is -0.469 e. The molecule has 0 aromatic heterocycles. The lowest BCUT2D eigenvalue weighted by atomic mass is 10.1. The summed E-state index contributed by atoms with van der Waals surface area (Å²) in [4.78, 5) is 33.5. The maximum Gasteiger partial charge on any atom is 0.305 e. The molecule has 2 amide bonds. The van der Waals surface area contributed by atoms with E-state index in [-0.39, 0.29) is 26.1 Å². The first-order valence-electron chi connectivity index (χ1n) is 5.73. The molecule has 8 nitrogen and oxygen atoms in total. The van der Waals surface area contributed by atoms with Crippen LogP contribution in [0.2, 0.25) is 0 Å². The molecule has 0 saturated heterocycles. The highest BCUT2D eigenvalue weighted by Gasteiger charge is 2.19. The van der Waals surface area contributed by atoms with Crippen molar-refractivity contribution in [1.29, 1.82) is 0 Å². The Kier molecular flexibility index (Phi) is 9.37. The summed E-state index contributed by atoms with van der Waals surface area (Å²) in [5.74, 6) is -1.67. The first kappa shape index (κ1) is 17.3. The number of primary amides is 1. The molecule has 0 spiro atoms. The van der Waals surface area contributed by atoms with Crippen LogP contribution in [0.5, 0.6) is 0 Å². The average Bonchev–Trinajstić information content (AvgIpc) is 2.38. The predicted octanol–water partition coefficient (Wildman–Crippen LogP) is -1.43. The second-order valence-electron chi connectivity index (χ2n) is 3.68. The van der Waals surface area contributed by atoms with Gasteiger partial charge in [-0.25, -0.2) is 0 Å². The zero-order valence-corrected chi connectivity index (χ0v) is 11.1. The largest absolute Gasteiger partial charge is 0.469 e. The summed E-state index contributed by atoms with van der Waals surface area (Å²) in [6.45, 7) is 0.438. The van der Waals surface area contributed by atoms with E-state index in [4.69, 9.17) is 15.2 Å². The van der Waals surface area contributed by atoms with E-state index in [9.17, 15) is 14.4 Å². The number of hydrogen-bond acceptors (Lipinski definition) is 6. The minimum atomic E-state index is -0.919. The van der Waals surface area contributed by atoms with Gasteiger partial charge >= 0.3 is 5.97 Å². The number of methoxy groups -OCH3 is 2. The van der Waals surface area contributed by atoms with Crippen LogP contribution >= 0.6 is 0 Å². The van der Waals surface area contributed by atoms with Crippen molar-refractivity contribution in [2.75, 3.05) is 34.0 Å². The van der Waals surface area contributed by atoms with Crippen LogP contribution in [0.1, 0.15) is 12.8 Å². The number of nitrogens with two attached hydrogens (primary N) is 1. The van der Waals surface area contributed by atoms with Gasteiger partial charge in [0.25, 0.3) is 0 Å². The molecule has 3 N–H and O–H groups in total. The van der Waals surface area contributed by atoms with Gasteiger partial charge in [0.15, 0.2) is 0 Å². The number of nitrogens with one attached hydrogen (secondary N) is 1. The monoisotopic (exact) mass is 276 g/mol. The maximum atomic E-state index is 11.4. The van der Waals surface area contributed by atoms with Crippen molar-refractivity contribution in [3.63, 3.8) is 0 Å². The lowest BCUT2D eigenvalue weighted by Crippen LogP contribution is -2.46. The Morgan fingerprint density at radius 3 is 2.42 bits per heavy atom. The zero-order valence-electron chi connectivity index (χ0n) is 11.1. The fourth-order valence-electron chi connectivity index (χ4n) is 1.19. The lowest BCUT2D eigenvalue weighted by Gasteiger charge is -2.14. The van der Waals surface area contributed by atoms with Gasteiger partial charge in [0, 0.05) is 13.5 Å². The molecule has 0 radical (unpaired) electrons. The number of hydrogen-bond donors (Lipinski definition) is 2. The first-order valence-corrected chi connectivity index (χ1v) is 5.73. The summed E-state index contributed by atoms with van der Waals surface area (Å²) < 4.78 is 14.2. The van der Waals surface area contributed by atoms with E-state index in [0.717, 1.165) is 0 Å². The van der Waals surface area contributed by atoms with Crippen molar-refractivity contribution < 1.29 is 28.6 Å². The molecule has 0 heterocycles. The summed E-state index contributed by atoms with van der Waals surface area (Å²) >= 11 is 0. The standard InChI is InChI=1S/C11H20N2O6/c1-17-5-6-19-7-9(14)13-8(11(12)16)3-4-10(15)18-2/h8H,3-7H2,1-2H3,(H2,12,16)(H,13,14)/t8-/m1/s1. The van der Waals surface area contributed by atoms with Gasteiger partial charge in [0.1, 0.15) is 12.6 Å². The Bertz CT molecular complexity index is 308. The van der Waals surface area contributed by atoms with Gasteiger partial charge in [-0.1, -0.05) is 0 Å². The number of carbonyl (C=O) groups excluding carboxylic acids is 3. The number of amides is 2. The van der Waals surface area contributed by atoms with Gasteiger partial charge < -0.3 is 25.3 Å². The van der Waals surface area contributed by atoms with Gasteiger partial charge in [-0.2, -0.15) is 0 Å². The van der Waals surface area contributed by atoms with Crippen molar-refractivity contribution in [3.05, 3.63) is 0 Å². The summed E-state index contributed by atoms with van der Waals surface area (Å²) in [5, 5.41) is 2.39. The second-order valence-corrected chi connectivity index (χ2v) is 3.68. The van der Waals surface area contributed by atoms with E-state index in [1.807, 2.05) is 0 Å². The molecule has 0 aromatic rings. The van der Waals surface area contributed by atoms with E-state index in [0.29, 0.717) is 6.61 Å². The van der Waals surface area contributed by atoms with Crippen LogP contribution in [0.3, 0.4) is 0 Å². The van der Waals surface area contributed by atoms with Crippen LogP contribution in [-0.2, 0) is 28.6 Å². The number of rotatable bonds is 10. The fourth-order valence-corrected chi connectivity index (χ4v) is 1.19. The molecule has 0 bridgehead atoms. The normalized spacial score (nSPS) is 11.7. The van der Waals surface area contributed by atoms with E-state index in [2.05, 4.69) is 10.1 Å². The van der Waals surface area contributed by atoms with Crippen molar-refractivity contribution >= 4 is 17.8 Å². The third-order valence-corrected chi connectivity index (χ3v) is 2.21. The third kappa shape index (κ3) is 8.97. The Morgan fingerprint density at radius 1 is 1.21 bits per heavy atom. The highest BCUT2D eigenvalue weighted by Crippen LogP contribution is 1.98. The van der Waals surface area contributed by atoms with Crippen LogP contribution in [-0.4, -0.2) is 57.9 Å². The number of esters is 1. The molecule has 0 rings (SSSR count). The smallest absolute Gasteiger partial charge is 0.305 e.